The zero-order valence-electron chi connectivity index (χ0n) is 48.9. The van der Waals surface area contributed by atoms with E-state index in [-0.39, 0.29) is 31.1 Å². The molecule has 6 nitrogen and oxygen atoms in total. The van der Waals surface area contributed by atoms with Gasteiger partial charge in [-0.15, -0.1) is 0 Å². The third-order valence-corrected chi connectivity index (χ3v) is 15.3. The number of ether oxygens (including phenoxy) is 3. The number of rotatable bonds is 59. The minimum atomic E-state index is -0.764. The Kier molecular flexibility index (Phi) is 56.4. The molecule has 0 aromatic carbocycles. The SMILES string of the molecule is CCCCCCCCCCCCCCCCCCCCC(=O)OC[C@@H](COC(=O)CCCCCCCCCCCCCCCCCCCCC(C)CC)OC(=O)CCCCCCCCCCCCC(C)C. The minimum absolute atomic E-state index is 0.0622. The van der Waals surface area contributed by atoms with E-state index in [9.17, 15) is 14.4 Å². The summed E-state index contributed by atoms with van der Waals surface area (Å²) in [6.45, 7) is 11.5. The zero-order valence-corrected chi connectivity index (χ0v) is 48.9. The van der Waals surface area contributed by atoms with Crippen molar-refractivity contribution in [3.8, 4) is 0 Å². The van der Waals surface area contributed by atoms with Crippen LogP contribution in [0.5, 0.6) is 0 Å². The molecular weight excluding hydrogens is 877 g/mol. The Bertz CT molecular complexity index is 1090. The van der Waals surface area contributed by atoms with Crippen molar-refractivity contribution < 1.29 is 28.6 Å². The quantitative estimate of drug-likeness (QED) is 0.0343. The van der Waals surface area contributed by atoms with E-state index in [1.807, 2.05) is 0 Å². The van der Waals surface area contributed by atoms with Gasteiger partial charge in [0.05, 0.1) is 0 Å². The summed E-state index contributed by atoms with van der Waals surface area (Å²) in [6.07, 6.45) is 63.9. The fraction of sp³-hybridized carbons (Fsp3) is 0.954. The molecule has 0 aromatic heterocycles. The molecule has 0 N–H and O–H groups in total. The Morgan fingerprint density at radius 3 is 0.803 bits per heavy atom. The highest BCUT2D eigenvalue weighted by Crippen LogP contribution is 2.19. The average molecular weight is 1000 g/mol. The standard InChI is InChI=1S/C65H126O6/c1-6-8-9-10-11-12-13-14-15-16-20-23-26-29-35-40-45-50-55-63(66)69-58-62(71-65(68)57-52-47-42-37-32-31-33-38-43-48-53-60(3)4)59-70-64(67)56-51-46-41-36-30-27-24-21-18-17-19-22-25-28-34-39-44-49-54-61(5)7-2/h60-62H,6-59H2,1-5H3/t61?,62-/m0/s1. The lowest BCUT2D eigenvalue weighted by Gasteiger charge is -2.18. The van der Waals surface area contributed by atoms with Gasteiger partial charge in [-0.05, 0) is 31.1 Å². The van der Waals surface area contributed by atoms with Gasteiger partial charge in [-0.2, -0.15) is 0 Å². The maximum atomic E-state index is 12.9. The van der Waals surface area contributed by atoms with Gasteiger partial charge in [-0.3, -0.25) is 14.4 Å². The molecule has 422 valence electrons. The molecule has 0 saturated carbocycles. The number of unbranched alkanes of at least 4 members (excludes halogenated alkanes) is 43. The molecule has 0 amide bonds. The lowest BCUT2D eigenvalue weighted by molar-refractivity contribution is -0.167. The summed E-state index contributed by atoms with van der Waals surface area (Å²) in [5, 5.41) is 0. The van der Waals surface area contributed by atoms with Crippen LogP contribution in [0.2, 0.25) is 0 Å². The van der Waals surface area contributed by atoms with Gasteiger partial charge in [-0.25, -0.2) is 0 Å². The summed E-state index contributed by atoms with van der Waals surface area (Å²) >= 11 is 0. The predicted molar refractivity (Wildman–Crippen MR) is 307 cm³/mol. The fourth-order valence-corrected chi connectivity index (χ4v) is 10.1. The molecule has 0 rings (SSSR count). The molecule has 0 saturated heterocycles. The Labute approximate surface area is 444 Å². The van der Waals surface area contributed by atoms with Gasteiger partial charge in [0.15, 0.2) is 6.10 Å². The molecule has 0 aliphatic heterocycles. The van der Waals surface area contributed by atoms with Crippen LogP contribution in [0.15, 0.2) is 0 Å². The van der Waals surface area contributed by atoms with Gasteiger partial charge >= 0.3 is 17.9 Å². The molecule has 71 heavy (non-hydrogen) atoms. The Hall–Kier alpha value is -1.59. The van der Waals surface area contributed by atoms with E-state index in [0.717, 1.165) is 69.6 Å². The molecule has 1 unspecified atom stereocenters. The first kappa shape index (κ1) is 69.4. The maximum Gasteiger partial charge on any atom is 0.306 e. The second-order valence-electron chi connectivity index (χ2n) is 23.1. The Morgan fingerprint density at radius 1 is 0.296 bits per heavy atom. The molecule has 0 heterocycles. The summed E-state index contributed by atoms with van der Waals surface area (Å²) in [6, 6.07) is 0. The van der Waals surface area contributed by atoms with Crippen LogP contribution < -0.4 is 0 Å². The van der Waals surface area contributed by atoms with Crippen molar-refractivity contribution in [3.63, 3.8) is 0 Å². The number of carbonyl (C=O) groups excluding carboxylic acids is 3. The van der Waals surface area contributed by atoms with Crippen molar-refractivity contribution in [2.75, 3.05) is 13.2 Å². The number of hydrogen-bond acceptors (Lipinski definition) is 6. The third kappa shape index (κ3) is 57.5. The third-order valence-electron chi connectivity index (χ3n) is 15.3. The monoisotopic (exact) mass is 1000 g/mol. The average Bonchev–Trinajstić information content (AvgIpc) is 3.36. The first-order chi connectivity index (χ1) is 34.8. The van der Waals surface area contributed by atoms with Gasteiger partial charge < -0.3 is 14.2 Å². The van der Waals surface area contributed by atoms with Crippen LogP contribution in [0.25, 0.3) is 0 Å². The lowest BCUT2D eigenvalue weighted by atomic mass is 9.99. The second kappa shape index (κ2) is 57.7. The topological polar surface area (TPSA) is 78.9 Å². The summed E-state index contributed by atoms with van der Waals surface area (Å²) in [4.78, 5) is 38.3. The minimum Gasteiger partial charge on any atom is -0.462 e. The van der Waals surface area contributed by atoms with Gasteiger partial charge in [-0.1, -0.05) is 330 Å². The highest BCUT2D eigenvalue weighted by Gasteiger charge is 2.19. The summed E-state index contributed by atoms with van der Waals surface area (Å²) in [5.41, 5.74) is 0. The van der Waals surface area contributed by atoms with Crippen molar-refractivity contribution in [3.05, 3.63) is 0 Å². The molecule has 6 heteroatoms. The van der Waals surface area contributed by atoms with Crippen LogP contribution in [-0.2, 0) is 28.6 Å². The molecule has 0 bridgehead atoms. The van der Waals surface area contributed by atoms with E-state index in [2.05, 4.69) is 34.6 Å². The van der Waals surface area contributed by atoms with Crippen LogP contribution in [0, 0.1) is 11.8 Å². The molecule has 2 atom stereocenters. The van der Waals surface area contributed by atoms with Crippen LogP contribution in [0.3, 0.4) is 0 Å². The van der Waals surface area contributed by atoms with E-state index >= 15 is 0 Å². The normalized spacial score (nSPS) is 12.4. The zero-order chi connectivity index (χ0) is 51.8. The number of carbonyl (C=O) groups is 3. The van der Waals surface area contributed by atoms with E-state index in [1.54, 1.807) is 0 Å². The molecule has 0 aliphatic carbocycles. The van der Waals surface area contributed by atoms with Crippen LogP contribution >= 0.6 is 0 Å². The molecule has 0 radical (unpaired) electrons. The predicted octanol–water partition coefficient (Wildman–Crippen LogP) is 21.6. The second-order valence-corrected chi connectivity index (χ2v) is 23.1. The molecule has 0 aliphatic rings. The largest absolute Gasteiger partial charge is 0.462 e. The Balaban J connectivity index is 4.23. The molecule has 0 fully saturated rings. The van der Waals surface area contributed by atoms with E-state index in [4.69, 9.17) is 14.2 Å². The Morgan fingerprint density at radius 2 is 0.535 bits per heavy atom. The molecular formula is C65H126O6. The van der Waals surface area contributed by atoms with Crippen molar-refractivity contribution >= 4 is 17.9 Å². The fourth-order valence-electron chi connectivity index (χ4n) is 10.1. The van der Waals surface area contributed by atoms with Crippen molar-refractivity contribution in [1.82, 2.24) is 0 Å². The van der Waals surface area contributed by atoms with Crippen LogP contribution in [0.1, 0.15) is 369 Å². The van der Waals surface area contributed by atoms with E-state index in [0.29, 0.717) is 19.3 Å². The van der Waals surface area contributed by atoms with Crippen LogP contribution in [-0.4, -0.2) is 37.2 Å². The summed E-state index contributed by atoms with van der Waals surface area (Å²) in [7, 11) is 0. The molecule has 0 aromatic rings. The van der Waals surface area contributed by atoms with E-state index in [1.165, 1.54) is 257 Å². The first-order valence-electron chi connectivity index (χ1n) is 32.3. The van der Waals surface area contributed by atoms with Gasteiger partial charge in [0.2, 0.25) is 0 Å². The summed E-state index contributed by atoms with van der Waals surface area (Å²) < 4.78 is 17.0. The lowest BCUT2D eigenvalue weighted by Crippen LogP contribution is -2.30. The van der Waals surface area contributed by atoms with Crippen molar-refractivity contribution in [2.24, 2.45) is 11.8 Å². The van der Waals surface area contributed by atoms with E-state index < -0.39 is 6.10 Å². The maximum absolute atomic E-state index is 12.9. The smallest absolute Gasteiger partial charge is 0.306 e. The first-order valence-corrected chi connectivity index (χ1v) is 32.3. The van der Waals surface area contributed by atoms with Crippen LogP contribution in [0.4, 0.5) is 0 Å². The van der Waals surface area contributed by atoms with Crippen molar-refractivity contribution in [1.29, 1.82) is 0 Å². The van der Waals surface area contributed by atoms with Gasteiger partial charge in [0.1, 0.15) is 13.2 Å². The highest BCUT2D eigenvalue weighted by molar-refractivity contribution is 5.71. The highest BCUT2D eigenvalue weighted by atomic mass is 16.6. The number of esters is 3. The summed E-state index contributed by atoms with van der Waals surface area (Å²) in [5.74, 6) is 0.893. The van der Waals surface area contributed by atoms with Gasteiger partial charge in [0.25, 0.3) is 0 Å². The molecule has 0 spiro atoms. The van der Waals surface area contributed by atoms with Gasteiger partial charge in [0, 0.05) is 19.3 Å². The number of hydrogen-bond donors (Lipinski definition) is 0. The van der Waals surface area contributed by atoms with Crippen molar-refractivity contribution in [2.45, 2.75) is 375 Å².